The van der Waals surface area contributed by atoms with Crippen molar-refractivity contribution in [2.24, 2.45) is 11.8 Å². The maximum atomic E-state index is 12.6. The third-order valence-electron chi connectivity index (χ3n) is 9.16. The largest absolute Gasteiger partial charge is 0.465 e. The van der Waals surface area contributed by atoms with Crippen LogP contribution in [0.2, 0.25) is 0 Å². The Hall–Kier alpha value is -2.23. The predicted molar refractivity (Wildman–Crippen MR) is 214 cm³/mol. The third kappa shape index (κ3) is 34.0. The smallest absolute Gasteiger partial charge is 0.308 e. The van der Waals surface area contributed by atoms with Crippen LogP contribution in [0.3, 0.4) is 0 Å². The van der Waals surface area contributed by atoms with Gasteiger partial charge in [-0.2, -0.15) is 0 Å². The summed E-state index contributed by atoms with van der Waals surface area (Å²) in [6.45, 7) is 9.95. The molecule has 0 aliphatic heterocycles. The van der Waals surface area contributed by atoms with Gasteiger partial charge >= 0.3 is 17.9 Å². The summed E-state index contributed by atoms with van der Waals surface area (Å²) in [5.41, 5.74) is 0. The number of rotatable bonds is 39. The summed E-state index contributed by atoms with van der Waals surface area (Å²) in [7, 11) is 0. The Kier molecular flexibility index (Phi) is 37.8. The second-order valence-electron chi connectivity index (χ2n) is 14.2. The molecule has 2 atom stereocenters. The van der Waals surface area contributed by atoms with Gasteiger partial charge in [-0.05, 0) is 77.0 Å². The molecule has 0 bridgehead atoms. The Morgan fingerprint density at radius 3 is 1.64 bits per heavy atom. The highest BCUT2D eigenvalue weighted by Crippen LogP contribution is 2.19. The molecular formula is C44H80O9. The number of hydrogen-bond donors (Lipinski definition) is 1. The Balaban J connectivity index is 4.25. The van der Waals surface area contributed by atoms with Crippen molar-refractivity contribution < 1.29 is 43.2 Å². The number of carbonyl (C=O) groups excluding carboxylic acids is 3. The first-order valence-electron chi connectivity index (χ1n) is 21.5. The molecule has 0 aromatic rings. The van der Waals surface area contributed by atoms with Crippen LogP contribution in [0.25, 0.3) is 0 Å². The summed E-state index contributed by atoms with van der Waals surface area (Å²) in [6, 6.07) is 0. The maximum Gasteiger partial charge on any atom is 0.308 e. The first-order valence-corrected chi connectivity index (χ1v) is 21.5. The van der Waals surface area contributed by atoms with Crippen molar-refractivity contribution in [3.63, 3.8) is 0 Å². The van der Waals surface area contributed by atoms with E-state index in [4.69, 9.17) is 23.7 Å². The fraction of sp³-hybridized carbons (Fsp3) is 0.841. The van der Waals surface area contributed by atoms with Crippen LogP contribution in [0, 0.1) is 11.8 Å². The van der Waals surface area contributed by atoms with Crippen LogP contribution >= 0.6 is 0 Å². The minimum Gasteiger partial charge on any atom is -0.465 e. The lowest BCUT2D eigenvalue weighted by atomic mass is 9.95. The molecule has 0 aliphatic rings. The van der Waals surface area contributed by atoms with Crippen LogP contribution in [0.5, 0.6) is 0 Å². The van der Waals surface area contributed by atoms with Crippen molar-refractivity contribution in [3.8, 4) is 0 Å². The Morgan fingerprint density at radius 1 is 0.528 bits per heavy atom. The lowest BCUT2D eigenvalue weighted by molar-refractivity contribution is -0.161. The molecule has 310 valence electrons. The van der Waals surface area contributed by atoms with E-state index < -0.39 is 18.2 Å². The fourth-order valence-electron chi connectivity index (χ4n) is 5.74. The first-order chi connectivity index (χ1) is 25.9. The van der Waals surface area contributed by atoms with E-state index in [9.17, 15) is 19.5 Å². The van der Waals surface area contributed by atoms with Crippen molar-refractivity contribution in [2.45, 2.75) is 188 Å². The molecule has 9 heteroatoms. The van der Waals surface area contributed by atoms with E-state index in [1.807, 2.05) is 0 Å². The summed E-state index contributed by atoms with van der Waals surface area (Å²) in [5.74, 6) is -1.19. The van der Waals surface area contributed by atoms with E-state index in [0.717, 1.165) is 109 Å². The number of allylic oxidation sites excluding steroid dienone is 4. The molecule has 9 nitrogen and oxygen atoms in total. The summed E-state index contributed by atoms with van der Waals surface area (Å²) >= 11 is 0. The number of carbonyl (C=O) groups is 3. The van der Waals surface area contributed by atoms with Crippen LogP contribution in [0.4, 0.5) is 0 Å². The molecule has 0 aliphatic carbocycles. The monoisotopic (exact) mass is 753 g/mol. The van der Waals surface area contributed by atoms with Crippen molar-refractivity contribution in [1.82, 2.24) is 0 Å². The van der Waals surface area contributed by atoms with Crippen LogP contribution in [-0.4, -0.2) is 68.9 Å². The molecule has 2 unspecified atom stereocenters. The van der Waals surface area contributed by atoms with E-state index >= 15 is 0 Å². The quantitative estimate of drug-likeness (QED) is 0.0215. The minimum atomic E-state index is -0.477. The van der Waals surface area contributed by atoms with Crippen LogP contribution in [0.1, 0.15) is 182 Å². The van der Waals surface area contributed by atoms with Gasteiger partial charge in [0.05, 0.1) is 44.7 Å². The maximum absolute atomic E-state index is 12.6. The van der Waals surface area contributed by atoms with Gasteiger partial charge in [0.1, 0.15) is 0 Å². The van der Waals surface area contributed by atoms with Gasteiger partial charge in [-0.25, -0.2) is 0 Å². The second-order valence-corrected chi connectivity index (χ2v) is 14.2. The SMILES string of the molecule is CC/C=C\CCCCOC(CCC(=O)OCC(CO)COC(=O)CCCCCCCOC(=O)C(CCCC)CCCCCC)OCCCC/C=C\CC. The zero-order chi connectivity index (χ0) is 39.0. The van der Waals surface area contributed by atoms with Gasteiger partial charge in [-0.15, -0.1) is 0 Å². The van der Waals surface area contributed by atoms with Gasteiger partial charge in [0, 0.05) is 26.1 Å². The summed E-state index contributed by atoms with van der Waals surface area (Å²) in [4.78, 5) is 37.4. The van der Waals surface area contributed by atoms with Crippen molar-refractivity contribution in [3.05, 3.63) is 24.3 Å². The Morgan fingerprint density at radius 2 is 1.06 bits per heavy atom. The molecule has 0 radical (unpaired) electrons. The second kappa shape index (κ2) is 39.5. The summed E-state index contributed by atoms with van der Waals surface area (Å²) < 4.78 is 28.3. The third-order valence-corrected chi connectivity index (χ3v) is 9.16. The molecule has 53 heavy (non-hydrogen) atoms. The topological polar surface area (TPSA) is 118 Å². The average Bonchev–Trinajstić information content (AvgIpc) is 3.16. The predicted octanol–water partition coefficient (Wildman–Crippen LogP) is 10.8. The number of unbranched alkanes of at least 4 members (excludes halogenated alkanes) is 12. The van der Waals surface area contributed by atoms with Gasteiger partial charge in [0.2, 0.25) is 0 Å². The number of aliphatic hydroxyl groups excluding tert-OH is 1. The molecule has 0 rings (SSSR count). The molecule has 0 amide bonds. The average molecular weight is 753 g/mol. The van der Waals surface area contributed by atoms with E-state index in [1.54, 1.807) is 0 Å². The van der Waals surface area contributed by atoms with Gasteiger partial charge in [-0.3, -0.25) is 14.4 Å². The molecule has 0 fully saturated rings. The van der Waals surface area contributed by atoms with Crippen LogP contribution in [0.15, 0.2) is 24.3 Å². The Bertz CT molecular complexity index is 879. The number of ether oxygens (including phenoxy) is 5. The zero-order valence-electron chi connectivity index (χ0n) is 34.5. The minimum absolute atomic E-state index is 0.00156. The van der Waals surface area contributed by atoms with Gasteiger partial charge < -0.3 is 28.8 Å². The standard InChI is InChI=1S/C44H80O9/c1-5-9-13-16-20-25-33-49-43(50-34-26-21-17-14-10-6-2)32-31-42(47)53-38-39(36-45)37-52-41(46)30-24-19-18-22-27-35-51-44(48)40(28-12-8-4)29-23-15-11-7-3/h9-10,13-14,39-40,43,45H,5-8,11-12,15-38H2,1-4H3/b13-9-,14-10-. The number of hydrogen-bond acceptors (Lipinski definition) is 9. The fourth-order valence-corrected chi connectivity index (χ4v) is 5.74. The van der Waals surface area contributed by atoms with E-state index in [2.05, 4.69) is 52.0 Å². The molecule has 0 saturated carbocycles. The van der Waals surface area contributed by atoms with Gasteiger partial charge in [0.15, 0.2) is 6.29 Å². The molecule has 0 aromatic heterocycles. The molecular weight excluding hydrogens is 672 g/mol. The molecule has 0 heterocycles. The zero-order valence-corrected chi connectivity index (χ0v) is 34.5. The van der Waals surface area contributed by atoms with E-state index in [-0.39, 0.29) is 44.1 Å². The Labute approximate surface area is 324 Å². The first kappa shape index (κ1) is 50.8. The molecule has 0 spiro atoms. The van der Waals surface area contributed by atoms with Crippen molar-refractivity contribution >= 4 is 17.9 Å². The van der Waals surface area contributed by atoms with Crippen molar-refractivity contribution in [1.29, 1.82) is 0 Å². The van der Waals surface area contributed by atoms with E-state index in [0.29, 0.717) is 39.1 Å². The lowest BCUT2D eigenvalue weighted by Crippen LogP contribution is -2.25. The van der Waals surface area contributed by atoms with Crippen LogP contribution < -0.4 is 0 Å². The molecule has 1 N–H and O–H groups in total. The highest BCUT2D eigenvalue weighted by molar-refractivity contribution is 5.72. The van der Waals surface area contributed by atoms with Crippen LogP contribution in [-0.2, 0) is 38.1 Å². The number of esters is 3. The van der Waals surface area contributed by atoms with Gasteiger partial charge in [0.25, 0.3) is 0 Å². The number of aliphatic hydroxyl groups is 1. The van der Waals surface area contributed by atoms with Gasteiger partial charge in [-0.1, -0.05) is 110 Å². The lowest BCUT2D eigenvalue weighted by Gasteiger charge is -2.19. The molecule has 0 aromatic carbocycles. The highest BCUT2D eigenvalue weighted by Gasteiger charge is 2.19. The normalized spacial score (nSPS) is 12.9. The molecule has 0 saturated heterocycles. The van der Waals surface area contributed by atoms with E-state index in [1.165, 1.54) is 19.3 Å². The van der Waals surface area contributed by atoms with Crippen molar-refractivity contribution in [2.75, 3.05) is 39.6 Å². The highest BCUT2D eigenvalue weighted by atomic mass is 16.7. The summed E-state index contributed by atoms with van der Waals surface area (Å²) in [6.07, 6.45) is 30.2. The summed E-state index contributed by atoms with van der Waals surface area (Å²) in [5, 5.41) is 9.76.